The summed E-state index contributed by atoms with van der Waals surface area (Å²) in [6, 6.07) is 3.75. The van der Waals surface area contributed by atoms with E-state index in [-0.39, 0.29) is 5.28 Å². The summed E-state index contributed by atoms with van der Waals surface area (Å²) in [5, 5.41) is 0.187. The lowest BCUT2D eigenvalue weighted by molar-refractivity contribution is 0.503. The van der Waals surface area contributed by atoms with Crippen LogP contribution in [0.4, 0.5) is 11.5 Å². The second kappa shape index (κ2) is 5.05. The lowest BCUT2D eigenvalue weighted by Crippen LogP contribution is -2.24. The molecule has 90 valence electrons. The van der Waals surface area contributed by atoms with Gasteiger partial charge in [0.15, 0.2) is 5.82 Å². The van der Waals surface area contributed by atoms with Gasteiger partial charge in [-0.15, -0.1) is 0 Å². The summed E-state index contributed by atoms with van der Waals surface area (Å²) >= 11 is 5.77. The molecule has 2 N–H and O–H groups in total. The highest BCUT2D eigenvalue weighted by Crippen LogP contribution is 2.22. The van der Waals surface area contributed by atoms with E-state index in [1.165, 1.54) is 6.20 Å². The molecule has 0 spiro atoms. The molecule has 2 aromatic heterocycles. The van der Waals surface area contributed by atoms with Crippen LogP contribution in [0.3, 0.4) is 0 Å². The van der Waals surface area contributed by atoms with Crippen LogP contribution in [0, 0.1) is 0 Å². The Hall–Kier alpha value is -1.75. The Morgan fingerprint density at radius 1 is 1.53 bits per heavy atom. The highest BCUT2D eigenvalue weighted by atomic mass is 35.5. The molecule has 0 radical (unpaired) electrons. The summed E-state index contributed by atoms with van der Waals surface area (Å²) < 4.78 is 5.30. The van der Waals surface area contributed by atoms with Crippen molar-refractivity contribution in [3.05, 3.63) is 35.6 Å². The van der Waals surface area contributed by atoms with E-state index in [9.17, 15) is 0 Å². The smallest absolute Gasteiger partial charge is 0.224 e. The van der Waals surface area contributed by atoms with E-state index in [1.807, 2.05) is 24.0 Å². The molecular formula is C11H13ClN4O. The zero-order valence-corrected chi connectivity index (χ0v) is 10.2. The van der Waals surface area contributed by atoms with E-state index in [1.54, 1.807) is 6.26 Å². The Labute approximate surface area is 104 Å². The zero-order valence-electron chi connectivity index (χ0n) is 9.43. The normalized spacial score (nSPS) is 10.5. The molecule has 0 bridgehead atoms. The molecule has 0 saturated heterocycles. The predicted octanol–water partition coefficient (Wildman–Crippen LogP) is 2.33. The second-order valence-electron chi connectivity index (χ2n) is 3.51. The van der Waals surface area contributed by atoms with Crippen molar-refractivity contribution in [2.45, 2.75) is 13.5 Å². The van der Waals surface area contributed by atoms with E-state index in [0.29, 0.717) is 18.1 Å². The summed E-state index contributed by atoms with van der Waals surface area (Å²) in [6.07, 6.45) is 3.15. The van der Waals surface area contributed by atoms with Crippen LogP contribution in [0.1, 0.15) is 12.7 Å². The second-order valence-corrected chi connectivity index (χ2v) is 3.85. The first kappa shape index (κ1) is 11.7. The van der Waals surface area contributed by atoms with Gasteiger partial charge in [-0.05, 0) is 30.7 Å². The van der Waals surface area contributed by atoms with Crippen molar-refractivity contribution in [3.8, 4) is 0 Å². The molecule has 5 nitrogen and oxygen atoms in total. The van der Waals surface area contributed by atoms with Gasteiger partial charge in [0.05, 0.1) is 24.7 Å². The van der Waals surface area contributed by atoms with Gasteiger partial charge >= 0.3 is 0 Å². The van der Waals surface area contributed by atoms with Crippen LogP contribution in [-0.4, -0.2) is 16.5 Å². The van der Waals surface area contributed by atoms with Crippen LogP contribution < -0.4 is 10.6 Å². The molecule has 0 aliphatic heterocycles. The number of hydrogen-bond acceptors (Lipinski definition) is 5. The predicted molar refractivity (Wildman–Crippen MR) is 66.9 cm³/mol. The van der Waals surface area contributed by atoms with Crippen molar-refractivity contribution in [2.75, 3.05) is 17.2 Å². The Bertz CT molecular complexity index is 486. The van der Waals surface area contributed by atoms with Gasteiger partial charge in [0.25, 0.3) is 0 Å². The maximum atomic E-state index is 5.84. The molecule has 0 aliphatic carbocycles. The largest absolute Gasteiger partial charge is 0.467 e. The number of aromatic nitrogens is 2. The van der Waals surface area contributed by atoms with Crippen molar-refractivity contribution in [1.82, 2.24) is 9.97 Å². The van der Waals surface area contributed by atoms with Crippen LogP contribution in [0.5, 0.6) is 0 Å². The third-order valence-corrected chi connectivity index (χ3v) is 2.56. The van der Waals surface area contributed by atoms with Crippen LogP contribution in [0.25, 0.3) is 0 Å². The first-order valence-corrected chi connectivity index (χ1v) is 5.64. The van der Waals surface area contributed by atoms with Crippen LogP contribution >= 0.6 is 11.6 Å². The highest BCUT2D eigenvalue weighted by molar-refractivity contribution is 6.28. The van der Waals surface area contributed by atoms with E-state index in [0.717, 1.165) is 12.3 Å². The molecule has 0 aliphatic rings. The van der Waals surface area contributed by atoms with Crippen LogP contribution in [0.2, 0.25) is 5.28 Å². The number of furan rings is 1. The average Bonchev–Trinajstić information content (AvgIpc) is 2.82. The number of anilines is 2. The summed E-state index contributed by atoms with van der Waals surface area (Å²) in [5.74, 6) is 1.48. The summed E-state index contributed by atoms with van der Waals surface area (Å²) in [7, 11) is 0. The van der Waals surface area contributed by atoms with E-state index in [2.05, 4.69) is 9.97 Å². The minimum absolute atomic E-state index is 0.187. The minimum atomic E-state index is 0.187. The Morgan fingerprint density at radius 3 is 3.00 bits per heavy atom. The van der Waals surface area contributed by atoms with Gasteiger partial charge in [0, 0.05) is 6.54 Å². The summed E-state index contributed by atoms with van der Waals surface area (Å²) in [5.41, 5.74) is 6.34. The van der Waals surface area contributed by atoms with Crippen molar-refractivity contribution < 1.29 is 4.42 Å². The number of rotatable bonds is 4. The van der Waals surface area contributed by atoms with Gasteiger partial charge < -0.3 is 15.1 Å². The molecule has 17 heavy (non-hydrogen) atoms. The van der Waals surface area contributed by atoms with Gasteiger partial charge in [-0.2, -0.15) is 4.98 Å². The first-order chi connectivity index (χ1) is 8.20. The average molecular weight is 253 g/mol. The van der Waals surface area contributed by atoms with Gasteiger partial charge in [0.1, 0.15) is 5.76 Å². The van der Waals surface area contributed by atoms with Crippen LogP contribution in [-0.2, 0) is 6.54 Å². The number of hydrogen-bond donors (Lipinski definition) is 1. The maximum Gasteiger partial charge on any atom is 0.224 e. The number of halogens is 1. The fourth-order valence-electron chi connectivity index (χ4n) is 1.54. The van der Waals surface area contributed by atoms with Crippen molar-refractivity contribution in [1.29, 1.82) is 0 Å². The Balaban J connectivity index is 2.25. The first-order valence-electron chi connectivity index (χ1n) is 5.26. The third kappa shape index (κ3) is 2.68. The Kier molecular flexibility index (Phi) is 3.49. The number of nitrogens with zero attached hydrogens (tertiary/aromatic N) is 3. The van der Waals surface area contributed by atoms with Gasteiger partial charge in [-0.25, -0.2) is 4.98 Å². The third-order valence-electron chi connectivity index (χ3n) is 2.37. The SMILES string of the molecule is CCN(Cc1ccco1)c1nc(Cl)ncc1N. The topological polar surface area (TPSA) is 68.2 Å². The van der Waals surface area contributed by atoms with E-state index in [4.69, 9.17) is 21.8 Å². The van der Waals surface area contributed by atoms with Crippen molar-refractivity contribution in [2.24, 2.45) is 0 Å². The number of nitrogen functional groups attached to an aromatic ring is 1. The molecule has 0 saturated carbocycles. The molecule has 0 atom stereocenters. The van der Waals surface area contributed by atoms with Crippen molar-refractivity contribution >= 4 is 23.1 Å². The molecule has 2 heterocycles. The highest BCUT2D eigenvalue weighted by Gasteiger charge is 2.12. The molecule has 2 aromatic rings. The van der Waals surface area contributed by atoms with Crippen molar-refractivity contribution in [3.63, 3.8) is 0 Å². The number of nitrogens with two attached hydrogens (primary N) is 1. The lowest BCUT2D eigenvalue weighted by Gasteiger charge is -2.21. The molecule has 2 rings (SSSR count). The Morgan fingerprint density at radius 2 is 2.35 bits per heavy atom. The van der Waals surface area contributed by atoms with Gasteiger partial charge in [-0.1, -0.05) is 0 Å². The molecule has 0 fully saturated rings. The van der Waals surface area contributed by atoms with Gasteiger partial charge in [-0.3, -0.25) is 0 Å². The van der Waals surface area contributed by atoms with Gasteiger partial charge in [0.2, 0.25) is 5.28 Å². The fourth-order valence-corrected chi connectivity index (χ4v) is 1.67. The lowest BCUT2D eigenvalue weighted by atomic mass is 10.3. The quantitative estimate of drug-likeness (QED) is 0.846. The minimum Gasteiger partial charge on any atom is -0.467 e. The zero-order chi connectivity index (χ0) is 12.3. The summed E-state index contributed by atoms with van der Waals surface area (Å²) in [4.78, 5) is 9.94. The molecular weight excluding hydrogens is 240 g/mol. The monoisotopic (exact) mass is 252 g/mol. The standard InChI is InChI=1S/C11H13ClN4O/c1-2-16(7-8-4-3-5-17-8)10-9(13)6-14-11(12)15-10/h3-6H,2,7,13H2,1H3. The fraction of sp³-hybridized carbons (Fsp3) is 0.273. The molecule has 0 unspecified atom stereocenters. The maximum absolute atomic E-state index is 5.84. The summed E-state index contributed by atoms with van der Waals surface area (Å²) in [6.45, 7) is 3.36. The van der Waals surface area contributed by atoms with Crippen LogP contribution in [0.15, 0.2) is 29.0 Å². The molecule has 0 aromatic carbocycles. The molecule has 0 amide bonds. The molecule has 6 heteroatoms. The van der Waals surface area contributed by atoms with E-state index < -0.39 is 0 Å². The van der Waals surface area contributed by atoms with E-state index >= 15 is 0 Å².